The van der Waals surface area contributed by atoms with E-state index in [-0.39, 0.29) is 25.7 Å². The van der Waals surface area contributed by atoms with Gasteiger partial charge in [-0.05, 0) is 43.4 Å². The molecule has 19 heteroatoms. The predicted octanol–water partition coefficient (Wildman–Crippen LogP) is 21.4. The Balaban J connectivity index is 5.22. The Bertz CT molecular complexity index is 1820. The minimum Gasteiger partial charge on any atom is -0.462 e. The lowest BCUT2D eigenvalue weighted by Crippen LogP contribution is -2.30. The molecule has 5 atom stereocenters. The molecule has 0 fully saturated rings. The van der Waals surface area contributed by atoms with E-state index in [9.17, 15) is 43.2 Å². The maximum atomic E-state index is 13.1. The van der Waals surface area contributed by atoms with E-state index in [1.807, 2.05) is 0 Å². The van der Waals surface area contributed by atoms with Crippen LogP contribution in [0.15, 0.2) is 0 Å². The largest absolute Gasteiger partial charge is 0.472 e. The number of ether oxygens (including phenoxy) is 4. The highest BCUT2D eigenvalue weighted by atomic mass is 31.2. The molecule has 0 aliphatic heterocycles. The van der Waals surface area contributed by atoms with E-state index in [1.165, 1.54) is 180 Å². The van der Waals surface area contributed by atoms with E-state index in [4.69, 9.17) is 37.0 Å². The molecular formula is C74H144O17P2. The van der Waals surface area contributed by atoms with Gasteiger partial charge in [0.2, 0.25) is 0 Å². The Kier molecular flexibility index (Phi) is 63.4. The van der Waals surface area contributed by atoms with Crippen molar-refractivity contribution in [3.05, 3.63) is 0 Å². The molecule has 0 rings (SSSR count). The van der Waals surface area contributed by atoms with Gasteiger partial charge in [0.05, 0.1) is 26.4 Å². The van der Waals surface area contributed by atoms with E-state index >= 15 is 0 Å². The summed E-state index contributed by atoms with van der Waals surface area (Å²) in [6.45, 7) is 11.8. The van der Waals surface area contributed by atoms with E-state index in [0.29, 0.717) is 31.6 Å². The third kappa shape index (κ3) is 68.4. The van der Waals surface area contributed by atoms with Gasteiger partial charge in [-0.2, -0.15) is 0 Å². The maximum Gasteiger partial charge on any atom is 0.472 e. The minimum atomic E-state index is -4.96. The highest BCUT2D eigenvalue weighted by Crippen LogP contribution is 2.45. The maximum absolute atomic E-state index is 13.1. The lowest BCUT2D eigenvalue weighted by Gasteiger charge is -2.21. The number of carbonyl (C=O) groups is 4. The van der Waals surface area contributed by atoms with Crippen LogP contribution in [0.4, 0.5) is 0 Å². The zero-order valence-electron chi connectivity index (χ0n) is 60.7. The van der Waals surface area contributed by atoms with Crippen LogP contribution in [-0.4, -0.2) is 96.7 Å². The summed E-state index contributed by atoms with van der Waals surface area (Å²) in [5.74, 6) is 0.137. The first-order valence-corrected chi connectivity index (χ1v) is 41.3. The van der Waals surface area contributed by atoms with Gasteiger partial charge in [0.1, 0.15) is 19.3 Å². The molecule has 0 amide bonds. The Morgan fingerprint density at radius 2 is 0.495 bits per heavy atom. The predicted molar refractivity (Wildman–Crippen MR) is 377 cm³/mol. The second-order valence-electron chi connectivity index (χ2n) is 28.1. The minimum absolute atomic E-state index is 0.106. The first-order chi connectivity index (χ1) is 44.7. The van der Waals surface area contributed by atoms with Gasteiger partial charge in [0.15, 0.2) is 12.2 Å². The average molecular weight is 1370 g/mol. The van der Waals surface area contributed by atoms with E-state index in [0.717, 1.165) is 108 Å². The molecular weight excluding hydrogens is 1220 g/mol. The van der Waals surface area contributed by atoms with E-state index in [1.54, 1.807) is 0 Å². The lowest BCUT2D eigenvalue weighted by atomic mass is 10.0. The van der Waals surface area contributed by atoms with Crippen molar-refractivity contribution in [2.75, 3.05) is 39.6 Å². The summed E-state index contributed by atoms with van der Waals surface area (Å²) >= 11 is 0. The van der Waals surface area contributed by atoms with Gasteiger partial charge in [0.25, 0.3) is 0 Å². The lowest BCUT2D eigenvalue weighted by molar-refractivity contribution is -0.161. The molecule has 0 aromatic heterocycles. The summed E-state index contributed by atoms with van der Waals surface area (Å²) in [5.41, 5.74) is 0. The summed E-state index contributed by atoms with van der Waals surface area (Å²) in [7, 11) is -9.91. The van der Waals surface area contributed by atoms with Crippen LogP contribution in [0.1, 0.15) is 376 Å². The van der Waals surface area contributed by atoms with Crippen LogP contribution in [-0.2, 0) is 65.4 Å². The smallest absolute Gasteiger partial charge is 0.462 e. The van der Waals surface area contributed by atoms with Crippen LogP contribution in [0.25, 0.3) is 0 Å². The highest BCUT2D eigenvalue weighted by Gasteiger charge is 2.30. The van der Waals surface area contributed by atoms with Gasteiger partial charge in [-0.3, -0.25) is 37.3 Å². The molecule has 0 aromatic rings. The first-order valence-electron chi connectivity index (χ1n) is 38.3. The number of phosphoric acid groups is 2. The summed E-state index contributed by atoms with van der Waals surface area (Å²) in [4.78, 5) is 72.7. The van der Waals surface area contributed by atoms with E-state index < -0.39 is 97.5 Å². The number of carbonyl (C=O) groups excluding carboxylic acids is 4. The van der Waals surface area contributed by atoms with Crippen LogP contribution in [0.5, 0.6) is 0 Å². The molecule has 552 valence electrons. The van der Waals surface area contributed by atoms with Gasteiger partial charge in [-0.15, -0.1) is 0 Å². The number of unbranched alkanes of at least 4 members (excludes halogenated alkanes) is 40. The Morgan fingerprint density at radius 3 is 0.731 bits per heavy atom. The molecule has 0 saturated carbocycles. The van der Waals surface area contributed by atoms with Gasteiger partial charge in [-0.1, -0.05) is 325 Å². The molecule has 0 aliphatic rings. The number of esters is 4. The van der Waals surface area contributed by atoms with Crippen LogP contribution >= 0.6 is 15.6 Å². The first kappa shape index (κ1) is 91.1. The van der Waals surface area contributed by atoms with Crippen molar-refractivity contribution < 1.29 is 80.2 Å². The molecule has 0 aromatic carbocycles. The van der Waals surface area contributed by atoms with Crippen LogP contribution in [0.2, 0.25) is 0 Å². The number of hydrogen-bond acceptors (Lipinski definition) is 15. The van der Waals surface area contributed by atoms with Gasteiger partial charge in [-0.25, -0.2) is 9.13 Å². The number of rotatable bonds is 72. The Morgan fingerprint density at radius 1 is 0.290 bits per heavy atom. The van der Waals surface area contributed by atoms with Crippen LogP contribution in [0.3, 0.4) is 0 Å². The van der Waals surface area contributed by atoms with Crippen LogP contribution < -0.4 is 0 Å². The highest BCUT2D eigenvalue weighted by molar-refractivity contribution is 7.47. The molecule has 17 nitrogen and oxygen atoms in total. The zero-order chi connectivity index (χ0) is 68.7. The molecule has 0 aliphatic carbocycles. The molecule has 3 N–H and O–H groups in total. The van der Waals surface area contributed by atoms with E-state index in [2.05, 4.69) is 48.5 Å². The fourth-order valence-electron chi connectivity index (χ4n) is 11.2. The summed E-state index contributed by atoms with van der Waals surface area (Å²) < 4.78 is 68.4. The SMILES string of the molecule is CCCCCCCCCCCCCCC(=O)O[C@H](COC(=O)CCCCCCCCCC(C)C)COP(=O)(O)OC[C@H](O)COP(=O)(O)OC[C@@H](COC(=O)CCCCCCCCCCCC(C)C)OC(=O)CCCCCCCCCCCCCCCCCCC(C)C. The quantitative estimate of drug-likeness (QED) is 0.0222. The second kappa shape index (κ2) is 64.7. The summed E-state index contributed by atoms with van der Waals surface area (Å²) in [6.07, 6.45) is 50.0. The number of phosphoric ester groups is 2. The fraction of sp³-hybridized carbons (Fsp3) is 0.946. The number of hydrogen-bond donors (Lipinski definition) is 3. The molecule has 0 bridgehead atoms. The van der Waals surface area contributed by atoms with Crippen LogP contribution in [0, 0.1) is 17.8 Å². The molecule has 0 heterocycles. The van der Waals surface area contributed by atoms with Crippen molar-refractivity contribution in [3.8, 4) is 0 Å². The second-order valence-corrected chi connectivity index (χ2v) is 31.0. The van der Waals surface area contributed by atoms with Crippen molar-refractivity contribution in [3.63, 3.8) is 0 Å². The van der Waals surface area contributed by atoms with Crippen molar-refractivity contribution >= 4 is 39.5 Å². The molecule has 93 heavy (non-hydrogen) atoms. The average Bonchev–Trinajstić information content (AvgIpc) is 1.62. The van der Waals surface area contributed by atoms with Crippen molar-refractivity contribution in [1.82, 2.24) is 0 Å². The molecule has 0 spiro atoms. The summed E-state index contributed by atoms with van der Waals surface area (Å²) in [6, 6.07) is 0. The number of aliphatic hydroxyl groups excluding tert-OH is 1. The standard InChI is InChI=1S/C74H144O17P2/c1-8-9-10-11-12-13-14-22-27-35-43-50-57-73(78)91-70(62-85-72(77)56-49-42-37-30-33-40-47-54-67(6)7)64-89-93(82,83)87-60-68(75)59-86-92(80,81)88-63-69(61-84-71(76)55-48-41-34-29-24-26-32-39-46-53-66(4)5)90-74(79)58-51-44-36-28-23-20-18-16-15-17-19-21-25-31-38-45-52-65(2)3/h65-70,75H,8-64H2,1-7H3,(H,80,81)(H,82,83)/t68-,69-,70-/m1/s1. The van der Waals surface area contributed by atoms with Gasteiger partial charge >= 0.3 is 39.5 Å². The van der Waals surface area contributed by atoms with Gasteiger partial charge < -0.3 is 33.8 Å². The van der Waals surface area contributed by atoms with Gasteiger partial charge in [0, 0.05) is 25.7 Å². The molecule has 0 saturated heterocycles. The Labute approximate surface area is 568 Å². The third-order valence-corrected chi connectivity index (χ3v) is 19.0. The normalized spacial score (nSPS) is 14.1. The molecule has 2 unspecified atom stereocenters. The zero-order valence-corrected chi connectivity index (χ0v) is 62.5. The van der Waals surface area contributed by atoms with Crippen molar-refractivity contribution in [2.24, 2.45) is 17.8 Å². The molecule has 0 radical (unpaired) electrons. The number of aliphatic hydroxyl groups is 1. The topological polar surface area (TPSA) is 237 Å². The summed E-state index contributed by atoms with van der Waals surface area (Å²) in [5, 5.41) is 10.6. The monoisotopic (exact) mass is 1370 g/mol. The fourth-order valence-corrected chi connectivity index (χ4v) is 12.8. The third-order valence-electron chi connectivity index (χ3n) is 17.1. The Hall–Kier alpha value is -1.94. The van der Waals surface area contributed by atoms with Crippen molar-refractivity contribution in [1.29, 1.82) is 0 Å². The van der Waals surface area contributed by atoms with Crippen molar-refractivity contribution in [2.45, 2.75) is 394 Å².